The van der Waals surface area contributed by atoms with Crippen LogP contribution in [0.25, 0.3) is 0 Å². The lowest BCUT2D eigenvalue weighted by molar-refractivity contribution is 0.152. The van der Waals surface area contributed by atoms with Crippen LogP contribution >= 0.6 is 24.0 Å². The van der Waals surface area contributed by atoms with Crippen LogP contribution in [0.2, 0.25) is 0 Å². The van der Waals surface area contributed by atoms with E-state index in [-0.39, 0.29) is 29.7 Å². The number of hydrogen-bond acceptors (Lipinski definition) is 4. The zero-order chi connectivity index (χ0) is 15.5. The fourth-order valence-corrected chi connectivity index (χ4v) is 1.80. The predicted octanol–water partition coefficient (Wildman–Crippen LogP) is 1.76. The van der Waals surface area contributed by atoms with E-state index >= 15 is 0 Å². The van der Waals surface area contributed by atoms with Crippen molar-refractivity contribution in [3.63, 3.8) is 0 Å². The van der Waals surface area contributed by atoms with Gasteiger partial charge in [-0.3, -0.25) is 4.99 Å². The van der Waals surface area contributed by atoms with E-state index in [4.69, 9.17) is 9.47 Å². The van der Waals surface area contributed by atoms with E-state index in [9.17, 15) is 5.11 Å². The van der Waals surface area contributed by atoms with Crippen molar-refractivity contribution in [2.24, 2.45) is 4.99 Å². The molecule has 0 saturated carbocycles. The third kappa shape index (κ3) is 7.69. The molecule has 0 heterocycles. The molecule has 0 spiro atoms. The Morgan fingerprint density at radius 1 is 1.27 bits per heavy atom. The van der Waals surface area contributed by atoms with Gasteiger partial charge in [0.1, 0.15) is 11.5 Å². The molecule has 0 aliphatic rings. The van der Waals surface area contributed by atoms with Gasteiger partial charge in [0.05, 0.1) is 13.7 Å². The van der Waals surface area contributed by atoms with Crippen LogP contribution in [-0.2, 0) is 11.2 Å². The molecule has 0 radical (unpaired) electrons. The number of hydrogen-bond donors (Lipinski definition) is 3. The van der Waals surface area contributed by atoms with Crippen LogP contribution in [0, 0.1) is 0 Å². The molecule has 7 heteroatoms. The number of ether oxygens (including phenoxy) is 2. The first-order valence-electron chi connectivity index (χ1n) is 7.09. The van der Waals surface area contributed by atoms with Gasteiger partial charge in [0, 0.05) is 32.8 Å². The minimum Gasteiger partial charge on any atom is -0.508 e. The standard InChI is InChI=1S/C15H25N3O3.HI/c1-4-21-10-9-18-15(16-2)17-8-7-12-5-6-13(20-3)11-14(12)19;/h5-6,11,19H,4,7-10H2,1-3H3,(H2,16,17,18);1H. The summed E-state index contributed by atoms with van der Waals surface area (Å²) in [6, 6.07) is 5.32. The van der Waals surface area contributed by atoms with Crippen LogP contribution in [0.3, 0.4) is 0 Å². The van der Waals surface area contributed by atoms with Crippen LogP contribution in [-0.4, -0.2) is 51.5 Å². The molecule has 0 saturated heterocycles. The number of halogens is 1. The van der Waals surface area contributed by atoms with Crippen LogP contribution in [0.15, 0.2) is 23.2 Å². The van der Waals surface area contributed by atoms with Gasteiger partial charge in [0.2, 0.25) is 0 Å². The van der Waals surface area contributed by atoms with Gasteiger partial charge in [-0.25, -0.2) is 0 Å². The Kier molecular flexibility index (Phi) is 11.7. The van der Waals surface area contributed by atoms with Gasteiger partial charge in [-0.05, 0) is 25.0 Å². The maximum Gasteiger partial charge on any atom is 0.191 e. The number of aromatic hydroxyl groups is 1. The van der Waals surface area contributed by atoms with Crippen LogP contribution < -0.4 is 15.4 Å². The summed E-state index contributed by atoms with van der Waals surface area (Å²) >= 11 is 0. The summed E-state index contributed by atoms with van der Waals surface area (Å²) in [5.74, 6) is 1.62. The highest BCUT2D eigenvalue weighted by molar-refractivity contribution is 14.0. The lowest BCUT2D eigenvalue weighted by Crippen LogP contribution is -2.39. The molecule has 0 amide bonds. The van der Waals surface area contributed by atoms with Crippen molar-refractivity contribution >= 4 is 29.9 Å². The quantitative estimate of drug-likeness (QED) is 0.257. The predicted molar refractivity (Wildman–Crippen MR) is 99.6 cm³/mol. The van der Waals surface area contributed by atoms with E-state index < -0.39 is 0 Å². The summed E-state index contributed by atoms with van der Waals surface area (Å²) in [7, 11) is 3.30. The number of phenols is 1. The largest absolute Gasteiger partial charge is 0.508 e. The van der Waals surface area contributed by atoms with Crippen molar-refractivity contribution in [3.8, 4) is 11.5 Å². The second kappa shape index (κ2) is 12.3. The molecule has 0 atom stereocenters. The minimum atomic E-state index is 0. The first-order valence-corrected chi connectivity index (χ1v) is 7.09. The van der Waals surface area contributed by atoms with E-state index in [0.29, 0.717) is 38.5 Å². The van der Waals surface area contributed by atoms with Crippen molar-refractivity contribution in [1.82, 2.24) is 10.6 Å². The van der Waals surface area contributed by atoms with Crippen molar-refractivity contribution in [2.45, 2.75) is 13.3 Å². The highest BCUT2D eigenvalue weighted by Gasteiger charge is 2.03. The molecule has 3 N–H and O–H groups in total. The third-order valence-corrected chi connectivity index (χ3v) is 2.95. The zero-order valence-corrected chi connectivity index (χ0v) is 15.7. The van der Waals surface area contributed by atoms with Crippen LogP contribution in [0.1, 0.15) is 12.5 Å². The smallest absolute Gasteiger partial charge is 0.191 e. The highest BCUT2D eigenvalue weighted by atomic mass is 127. The summed E-state index contributed by atoms with van der Waals surface area (Å²) in [4.78, 5) is 4.12. The Hall–Kier alpha value is -1.22. The van der Waals surface area contributed by atoms with Gasteiger partial charge < -0.3 is 25.2 Å². The molecule has 1 aromatic rings. The summed E-state index contributed by atoms with van der Waals surface area (Å²) in [5, 5.41) is 16.2. The average molecular weight is 423 g/mol. The molecule has 6 nitrogen and oxygen atoms in total. The van der Waals surface area contributed by atoms with E-state index in [1.165, 1.54) is 0 Å². The Morgan fingerprint density at radius 2 is 2.00 bits per heavy atom. The molecule has 22 heavy (non-hydrogen) atoms. The summed E-state index contributed by atoms with van der Waals surface area (Å²) in [5.41, 5.74) is 0.869. The Labute approximate surface area is 149 Å². The van der Waals surface area contributed by atoms with E-state index in [0.717, 1.165) is 11.5 Å². The topological polar surface area (TPSA) is 75.1 Å². The first kappa shape index (κ1) is 20.8. The lowest BCUT2D eigenvalue weighted by atomic mass is 10.1. The molecule has 1 rings (SSSR count). The van der Waals surface area contributed by atoms with E-state index in [2.05, 4.69) is 15.6 Å². The fourth-order valence-electron chi connectivity index (χ4n) is 1.80. The molecule has 0 bridgehead atoms. The first-order chi connectivity index (χ1) is 10.2. The van der Waals surface area contributed by atoms with Gasteiger partial charge in [-0.2, -0.15) is 0 Å². The number of benzene rings is 1. The molecule has 0 aliphatic carbocycles. The Balaban J connectivity index is 0.00000441. The number of nitrogens with one attached hydrogen (secondary N) is 2. The molecule has 0 unspecified atom stereocenters. The van der Waals surface area contributed by atoms with Crippen molar-refractivity contribution in [3.05, 3.63) is 23.8 Å². The number of nitrogens with zero attached hydrogens (tertiary/aromatic N) is 1. The number of guanidine groups is 1. The molecule has 0 aliphatic heterocycles. The fraction of sp³-hybridized carbons (Fsp3) is 0.533. The number of phenolic OH excluding ortho intramolecular Hbond substituents is 1. The minimum absolute atomic E-state index is 0. The monoisotopic (exact) mass is 423 g/mol. The van der Waals surface area contributed by atoms with Gasteiger partial charge in [0.25, 0.3) is 0 Å². The van der Waals surface area contributed by atoms with Gasteiger partial charge in [-0.1, -0.05) is 6.07 Å². The maximum atomic E-state index is 9.88. The second-order valence-electron chi connectivity index (χ2n) is 4.37. The van der Waals surface area contributed by atoms with Crippen molar-refractivity contribution in [1.29, 1.82) is 0 Å². The Morgan fingerprint density at radius 3 is 2.59 bits per heavy atom. The van der Waals surface area contributed by atoms with Crippen molar-refractivity contribution < 1.29 is 14.6 Å². The SMILES string of the molecule is CCOCCNC(=NC)NCCc1ccc(OC)cc1O.I. The lowest BCUT2D eigenvalue weighted by Gasteiger charge is -2.12. The molecular weight excluding hydrogens is 397 g/mol. The Bertz CT molecular complexity index is 456. The van der Waals surface area contributed by atoms with Crippen LogP contribution in [0.5, 0.6) is 11.5 Å². The van der Waals surface area contributed by atoms with E-state index in [1.54, 1.807) is 20.2 Å². The summed E-state index contributed by atoms with van der Waals surface area (Å²) < 4.78 is 10.3. The molecule has 1 aromatic carbocycles. The molecule has 0 fully saturated rings. The van der Waals surface area contributed by atoms with Crippen molar-refractivity contribution in [2.75, 3.05) is 40.5 Å². The van der Waals surface area contributed by atoms with E-state index in [1.807, 2.05) is 19.1 Å². The molecule has 0 aromatic heterocycles. The number of methoxy groups -OCH3 is 1. The maximum absolute atomic E-state index is 9.88. The van der Waals surface area contributed by atoms with Gasteiger partial charge in [-0.15, -0.1) is 24.0 Å². The summed E-state index contributed by atoms with van der Waals surface area (Å²) in [6.45, 7) is 4.71. The highest BCUT2D eigenvalue weighted by Crippen LogP contribution is 2.23. The number of rotatable bonds is 8. The molecular formula is C15H26IN3O3. The third-order valence-electron chi connectivity index (χ3n) is 2.95. The van der Waals surface area contributed by atoms with Gasteiger partial charge >= 0.3 is 0 Å². The second-order valence-corrected chi connectivity index (χ2v) is 4.37. The summed E-state index contributed by atoms with van der Waals surface area (Å²) in [6.07, 6.45) is 0.696. The van der Waals surface area contributed by atoms with Crippen LogP contribution in [0.4, 0.5) is 0 Å². The average Bonchev–Trinajstić information content (AvgIpc) is 2.51. The normalized spacial score (nSPS) is 10.8. The number of aliphatic imine (C=N–C) groups is 1. The zero-order valence-electron chi connectivity index (χ0n) is 13.4. The molecule has 126 valence electrons. The van der Waals surface area contributed by atoms with Gasteiger partial charge in [0.15, 0.2) is 5.96 Å².